The quantitative estimate of drug-likeness (QED) is 0.819. The Balaban J connectivity index is 1.93. The van der Waals surface area contributed by atoms with Crippen molar-refractivity contribution < 1.29 is 14.3 Å². The molecule has 0 aromatic rings. The third kappa shape index (κ3) is 4.33. The molecule has 1 heterocycles. The fourth-order valence-corrected chi connectivity index (χ4v) is 3.46. The highest BCUT2D eigenvalue weighted by molar-refractivity contribution is 5.68. The first-order valence-electron chi connectivity index (χ1n) is 8.31. The summed E-state index contributed by atoms with van der Waals surface area (Å²) >= 11 is 0. The van der Waals surface area contributed by atoms with E-state index >= 15 is 0 Å². The number of nitrogens with two attached hydrogens (primary N) is 1. The maximum absolute atomic E-state index is 12.2. The van der Waals surface area contributed by atoms with Crippen LogP contribution in [0.3, 0.4) is 0 Å². The molecule has 0 bridgehead atoms. The largest absolute Gasteiger partial charge is 0.444 e. The van der Waals surface area contributed by atoms with Gasteiger partial charge < -0.3 is 25.4 Å². The molecule has 0 spiro atoms. The van der Waals surface area contributed by atoms with Gasteiger partial charge in [-0.1, -0.05) is 6.42 Å². The lowest BCUT2D eigenvalue weighted by Crippen LogP contribution is -2.48. The number of carbonyl (C=O) groups excluding carboxylic acids is 1. The third-order valence-corrected chi connectivity index (χ3v) is 4.61. The molecule has 1 amide bonds. The summed E-state index contributed by atoms with van der Waals surface area (Å²) in [7, 11) is 1.70. The smallest absolute Gasteiger partial charge is 0.410 e. The average molecular weight is 313 g/mol. The first kappa shape index (κ1) is 17.5. The van der Waals surface area contributed by atoms with Gasteiger partial charge in [-0.15, -0.1) is 0 Å². The third-order valence-electron chi connectivity index (χ3n) is 4.61. The molecule has 1 aliphatic heterocycles. The number of rotatable bonds is 4. The number of methoxy groups -OCH3 is 1. The second-order valence-electron chi connectivity index (χ2n) is 7.47. The lowest BCUT2D eigenvalue weighted by Gasteiger charge is -2.27. The summed E-state index contributed by atoms with van der Waals surface area (Å²) in [6.07, 6.45) is 3.31. The number of nitrogens with zero attached hydrogens (tertiary/aromatic N) is 1. The maximum Gasteiger partial charge on any atom is 0.410 e. The molecule has 3 unspecified atom stereocenters. The SMILES string of the molecule is CO[C@H]1CN(C(=O)OC(C)(C)C)CC1NC1CCCC1CN. The summed E-state index contributed by atoms with van der Waals surface area (Å²) in [5.74, 6) is 0.535. The lowest BCUT2D eigenvalue weighted by molar-refractivity contribution is 0.0252. The molecule has 1 aliphatic carbocycles. The van der Waals surface area contributed by atoms with Crippen LogP contribution in [0.25, 0.3) is 0 Å². The van der Waals surface area contributed by atoms with Crippen LogP contribution < -0.4 is 11.1 Å². The molecule has 6 heteroatoms. The Bertz CT molecular complexity index is 383. The van der Waals surface area contributed by atoms with Gasteiger partial charge in [-0.25, -0.2) is 4.79 Å². The van der Waals surface area contributed by atoms with Crippen LogP contribution in [-0.2, 0) is 9.47 Å². The molecule has 0 aromatic carbocycles. The number of hydrogen-bond donors (Lipinski definition) is 2. The van der Waals surface area contributed by atoms with Crippen LogP contribution in [0.2, 0.25) is 0 Å². The predicted octanol–water partition coefficient (Wildman–Crippen LogP) is 1.34. The Hall–Kier alpha value is -0.850. The molecule has 2 fully saturated rings. The maximum atomic E-state index is 12.2. The summed E-state index contributed by atoms with van der Waals surface area (Å²) < 4.78 is 11.0. The van der Waals surface area contributed by atoms with Crippen LogP contribution in [0, 0.1) is 5.92 Å². The topological polar surface area (TPSA) is 76.8 Å². The van der Waals surface area contributed by atoms with Crippen LogP contribution in [-0.4, -0.2) is 61.5 Å². The van der Waals surface area contributed by atoms with E-state index in [0.29, 0.717) is 25.0 Å². The van der Waals surface area contributed by atoms with E-state index in [1.165, 1.54) is 12.8 Å². The Morgan fingerprint density at radius 1 is 1.27 bits per heavy atom. The molecule has 2 aliphatic rings. The van der Waals surface area contributed by atoms with Crippen LogP contribution in [0.15, 0.2) is 0 Å². The van der Waals surface area contributed by atoms with Crippen LogP contribution in [0.5, 0.6) is 0 Å². The van der Waals surface area contributed by atoms with Crippen molar-refractivity contribution in [3.8, 4) is 0 Å². The number of carbonyl (C=O) groups is 1. The molecule has 6 nitrogen and oxygen atoms in total. The van der Waals surface area contributed by atoms with Gasteiger partial charge >= 0.3 is 6.09 Å². The second-order valence-corrected chi connectivity index (χ2v) is 7.47. The van der Waals surface area contributed by atoms with E-state index in [-0.39, 0.29) is 18.2 Å². The van der Waals surface area contributed by atoms with Crippen LogP contribution in [0.1, 0.15) is 40.0 Å². The van der Waals surface area contributed by atoms with Gasteiger partial charge in [0.05, 0.1) is 18.7 Å². The first-order chi connectivity index (χ1) is 10.3. The van der Waals surface area contributed by atoms with Gasteiger partial charge in [0.15, 0.2) is 0 Å². The van der Waals surface area contributed by atoms with E-state index in [4.69, 9.17) is 15.2 Å². The summed E-state index contributed by atoms with van der Waals surface area (Å²) in [6, 6.07) is 0.584. The molecule has 0 radical (unpaired) electrons. The number of likely N-dealkylation sites (tertiary alicyclic amines) is 1. The Labute approximate surface area is 133 Å². The molecular weight excluding hydrogens is 282 g/mol. The molecule has 128 valence electrons. The fraction of sp³-hybridized carbons (Fsp3) is 0.938. The minimum Gasteiger partial charge on any atom is -0.444 e. The highest BCUT2D eigenvalue weighted by atomic mass is 16.6. The summed E-state index contributed by atoms with van der Waals surface area (Å²) in [4.78, 5) is 14.0. The summed E-state index contributed by atoms with van der Waals surface area (Å²) in [5, 5.41) is 3.67. The molecule has 3 N–H and O–H groups in total. The minimum absolute atomic E-state index is 0.00606. The summed E-state index contributed by atoms with van der Waals surface area (Å²) in [6.45, 7) is 7.57. The van der Waals surface area contributed by atoms with Crippen molar-refractivity contribution in [3.63, 3.8) is 0 Å². The van der Waals surface area contributed by atoms with E-state index in [9.17, 15) is 4.79 Å². The van der Waals surface area contributed by atoms with Crippen molar-refractivity contribution in [2.24, 2.45) is 11.7 Å². The van der Waals surface area contributed by atoms with Gasteiger partial charge in [-0.05, 0) is 46.1 Å². The van der Waals surface area contributed by atoms with Gasteiger partial charge in [0.25, 0.3) is 0 Å². The molecule has 4 atom stereocenters. The number of amides is 1. The molecule has 1 saturated heterocycles. The van der Waals surface area contributed by atoms with Crippen LogP contribution >= 0.6 is 0 Å². The van der Waals surface area contributed by atoms with Gasteiger partial charge in [-0.3, -0.25) is 0 Å². The second kappa shape index (κ2) is 7.15. The minimum atomic E-state index is -0.471. The Morgan fingerprint density at radius 3 is 2.59 bits per heavy atom. The normalized spacial score (nSPS) is 32.5. The van der Waals surface area contributed by atoms with Crippen LogP contribution in [0.4, 0.5) is 4.79 Å². The van der Waals surface area contributed by atoms with Crippen molar-refractivity contribution in [1.82, 2.24) is 10.2 Å². The van der Waals surface area contributed by atoms with Gasteiger partial charge in [-0.2, -0.15) is 0 Å². The van der Waals surface area contributed by atoms with Gasteiger partial charge in [0.2, 0.25) is 0 Å². The number of nitrogens with one attached hydrogen (secondary N) is 1. The van der Waals surface area contributed by atoms with E-state index in [2.05, 4.69) is 5.32 Å². The van der Waals surface area contributed by atoms with E-state index in [1.54, 1.807) is 12.0 Å². The standard InChI is InChI=1S/C16H31N3O3/c1-16(2,3)22-15(20)19-9-13(14(10-19)21-4)18-12-7-5-6-11(12)8-17/h11-14,18H,5-10,17H2,1-4H3/t11?,12?,13?,14-/m0/s1. The highest BCUT2D eigenvalue weighted by Crippen LogP contribution is 2.27. The lowest BCUT2D eigenvalue weighted by atomic mass is 10.0. The average Bonchev–Trinajstić information content (AvgIpc) is 3.03. The zero-order valence-corrected chi connectivity index (χ0v) is 14.3. The van der Waals surface area contributed by atoms with Crippen molar-refractivity contribution in [1.29, 1.82) is 0 Å². The number of ether oxygens (including phenoxy) is 2. The van der Waals surface area contributed by atoms with Crippen molar-refractivity contribution in [2.45, 2.75) is 63.8 Å². The fourth-order valence-electron chi connectivity index (χ4n) is 3.46. The van der Waals surface area contributed by atoms with Gasteiger partial charge in [0.1, 0.15) is 5.60 Å². The molecule has 2 rings (SSSR count). The molecule has 1 saturated carbocycles. The monoisotopic (exact) mass is 313 g/mol. The van der Waals surface area contributed by atoms with Crippen molar-refractivity contribution in [2.75, 3.05) is 26.7 Å². The first-order valence-corrected chi connectivity index (χ1v) is 8.31. The summed E-state index contributed by atoms with van der Waals surface area (Å²) in [5.41, 5.74) is 5.38. The predicted molar refractivity (Wildman–Crippen MR) is 85.7 cm³/mol. The molecular formula is C16H31N3O3. The Kier molecular flexibility index (Phi) is 5.69. The van der Waals surface area contributed by atoms with Crippen molar-refractivity contribution >= 4 is 6.09 Å². The van der Waals surface area contributed by atoms with E-state index in [0.717, 1.165) is 13.0 Å². The molecule has 22 heavy (non-hydrogen) atoms. The van der Waals surface area contributed by atoms with Crippen molar-refractivity contribution in [3.05, 3.63) is 0 Å². The zero-order valence-electron chi connectivity index (χ0n) is 14.3. The zero-order chi connectivity index (χ0) is 16.3. The highest BCUT2D eigenvalue weighted by Gasteiger charge is 2.39. The Morgan fingerprint density at radius 2 is 2.00 bits per heavy atom. The molecule has 0 aromatic heterocycles. The number of hydrogen-bond acceptors (Lipinski definition) is 5. The van der Waals surface area contributed by atoms with E-state index < -0.39 is 5.60 Å². The van der Waals surface area contributed by atoms with E-state index in [1.807, 2.05) is 20.8 Å². The van der Waals surface area contributed by atoms with Gasteiger partial charge in [0, 0.05) is 19.7 Å².